The van der Waals surface area contributed by atoms with E-state index in [1.165, 1.54) is 26.2 Å². The van der Waals surface area contributed by atoms with Crippen LogP contribution in [0.15, 0.2) is 66.5 Å². The summed E-state index contributed by atoms with van der Waals surface area (Å²) in [6.45, 7) is 1.86. The molecule has 0 bridgehead atoms. The van der Waals surface area contributed by atoms with Gasteiger partial charge in [0.25, 0.3) is 21.6 Å². The molecule has 1 heterocycles. The van der Waals surface area contributed by atoms with Crippen LogP contribution in [0.2, 0.25) is 0 Å². The number of halogens is 1. The summed E-state index contributed by atoms with van der Waals surface area (Å²) in [7, 11) is -6.12. The van der Waals surface area contributed by atoms with Gasteiger partial charge in [-0.15, -0.1) is 3.77 Å². The van der Waals surface area contributed by atoms with E-state index in [9.17, 15) is 27.7 Å². The minimum absolute atomic E-state index is 0.260. The van der Waals surface area contributed by atoms with Crippen molar-refractivity contribution in [1.82, 2.24) is 4.31 Å². The Morgan fingerprint density at radius 3 is 2.33 bits per heavy atom. The Morgan fingerprint density at radius 2 is 1.79 bits per heavy atom. The first-order chi connectivity index (χ1) is 15.6. The van der Waals surface area contributed by atoms with E-state index >= 15 is 0 Å². The third kappa shape index (κ3) is 5.43. The molecule has 1 unspecified atom stereocenters. The van der Waals surface area contributed by atoms with E-state index in [-0.39, 0.29) is 28.1 Å². The molecule has 0 saturated carbocycles. The second-order valence-electron chi connectivity index (χ2n) is 7.28. The van der Waals surface area contributed by atoms with Crippen LogP contribution in [0, 0.1) is 15.9 Å². The number of ether oxygens (including phenoxy) is 1. The number of hydrogen-bond donors (Lipinski definition) is 0. The number of carbonyl (C=O) groups excluding carboxylic acids is 1. The molecule has 0 radical (unpaired) electrons. The third-order valence-electron chi connectivity index (χ3n) is 4.94. The van der Waals surface area contributed by atoms with Gasteiger partial charge in [0.05, 0.1) is 26.2 Å². The number of amides is 1. The van der Waals surface area contributed by atoms with Crippen molar-refractivity contribution in [3.8, 4) is 0 Å². The van der Waals surface area contributed by atoms with Gasteiger partial charge in [-0.1, -0.05) is 0 Å². The molecule has 1 aliphatic rings. The Labute approximate surface area is 191 Å². The molecule has 33 heavy (non-hydrogen) atoms. The molecule has 13 heteroatoms. The Hall–Kier alpha value is -2.74. The highest BCUT2D eigenvalue weighted by Crippen LogP contribution is 2.33. The second-order valence-corrected chi connectivity index (χ2v) is 11.5. The normalized spacial score (nSPS) is 18.5. The molecule has 2 atom stereocenters. The van der Waals surface area contributed by atoms with Gasteiger partial charge >= 0.3 is 0 Å². The van der Waals surface area contributed by atoms with Crippen LogP contribution in [-0.2, 0) is 29.4 Å². The Morgan fingerprint density at radius 1 is 1.18 bits per heavy atom. The Balaban J connectivity index is 2.33. The van der Waals surface area contributed by atoms with Crippen LogP contribution >= 0.6 is 0 Å². The molecule has 0 spiro atoms. The standard InChI is InChI=1S/C20H23FN4O6S2/c1-15(26)22-32(19-9-5-16(21)6-10-19,24-13-3-4-18(24)14-31-2)23-33(29,30)20-11-7-17(8-12-20)25(27)28/h5-12,18H,3-4,13-14H2,1-2H3/t18-,32?/m0/s1. The summed E-state index contributed by atoms with van der Waals surface area (Å²) in [5, 5.41) is 10.9. The molecule has 0 aromatic heterocycles. The lowest BCUT2D eigenvalue weighted by atomic mass is 10.2. The zero-order chi connectivity index (χ0) is 24.2. The smallest absolute Gasteiger partial charge is 0.290 e. The summed E-state index contributed by atoms with van der Waals surface area (Å²) in [5.41, 5.74) is -0.279. The van der Waals surface area contributed by atoms with Crippen LogP contribution in [0.4, 0.5) is 10.1 Å². The van der Waals surface area contributed by atoms with Gasteiger partial charge in [-0.3, -0.25) is 14.9 Å². The van der Waals surface area contributed by atoms with E-state index in [1.54, 1.807) is 4.31 Å². The van der Waals surface area contributed by atoms with Crippen molar-refractivity contribution in [2.45, 2.75) is 35.6 Å². The number of rotatable bonds is 7. The lowest BCUT2D eigenvalue weighted by molar-refractivity contribution is -0.384. The number of hydrogen-bond acceptors (Lipinski definition) is 6. The van der Waals surface area contributed by atoms with E-state index in [4.69, 9.17) is 4.74 Å². The SMILES string of the molecule is COC[C@@H]1CCCN1S(=NC(C)=O)(=NS(=O)(=O)c1ccc([N+](=O)[O-])cc1)c1ccc(F)cc1. The van der Waals surface area contributed by atoms with Gasteiger partial charge in [-0.25, -0.2) is 8.70 Å². The first kappa shape index (κ1) is 24.9. The van der Waals surface area contributed by atoms with Gasteiger partial charge in [-0.05, 0) is 49.2 Å². The van der Waals surface area contributed by atoms with Crippen LogP contribution in [-0.4, -0.2) is 49.9 Å². The van der Waals surface area contributed by atoms with Gasteiger partial charge in [0.1, 0.15) is 5.82 Å². The largest absolute Gasteiger partial charge is 0.383 e. The fraction of sp³-hybridized carbons (Fsp3) is 0.350. The second kappa shape index (κ2) is 10.0. The van der Waals surface area contributed by atoms with Crippen LogP contribution in [0.25, 0.3) is 0 Å². The summed E-state index contributed by atoms with van der Waals surface area (Å²) in [4.78, 5) is 22.5. The summed E-state index contributed by atoms with van der Waals surface area (Å²) in [5.74, 6) is -1.18. The quantitative estimate of drug-likeness (QED) is 0.421. The van der Waals surface area contributed by atoms with Crippen molar-refractivity contribution >= 4 is 31.4 Å². The molecule has 3 rings (SSSR count). The maximum atomic E-state index is 13.7. The summed E-state index contributed by atoms with van der Waals surface area (Å²) < 4.78 is 55.8. The monoisotopic (exact) mass is 498 g/mol. The number of sulfonamides is 1. The third-order valence-corrected chi connectivity index (χ3v) is 9.98. The van der Waals surface area contributed by atoms with E-state index < -0.39 is 36.5 Å². The predicted molar refractivity (Wildman–Crippen MR) is 119 cm³/mol. The van der Waals surface area contributed by atoms with Crippen LogP contribution in [0.3, 0.4) is 0 Å². The van der Waals surface area contributed by atoms with Crippen molar-refractivity contribution in [3.05, 3.63) is 64.5 Å². The van der Waals surface area contributed by atoms with Crippen molar-refractivity contribution in [2.24, 2.45) is 8.13 Å². The fourth-order valence-corrected chi connectivity index (χ4v) is 8.61. The van der Waals surface area contributed by atoms with E-state index in [2.05, 4.69) is 8.13 Å². The average Bonchev–Trinajstić information content (AvgIpc) is 3.22. The van der Waals surface area contributed by atoms with E-state index in [0.717, 1.165) is 36.4 Å². The molecular formula is C20H23FN4O6S2. The van der Waals surface area contributed by atoms with Gasteiger partial charge in [0, 0.05) is 43.6 Å². The number of carbonyl (C=O) groups is 1. The molecule has 10 nitrogen and oxygen atoms in total. The molecule has 1 fully saturated rings. The van der Waals surface area contributed by atoms with Crippen molar-refractivity contribution < 1.29 is 27.3 Å². The molecule has 0 N–H and O–H groups in total. The first-order valence-corrected chi connectivity index (χ1v) is 12.9. The minimum atomic E-state index is -4.42. The number of methoxy groups -OCH3 is 1. The van der Waals surface area contributed by atoms with Crippen LogP contribution in [0.1, 0.15) is 19.8 Å². The van der Waals surface area contributed by atoms with Crippen LogP contribution < -0.4 is 0 Å². The Bertz CT molecular complexity index is 1270. The molecule has 0 aliphatic carbocycles. The molecule has 1 aliphatic heterocycles. The summed E-state index contributed by atoms with van der Waals surface area (Å²) in [6.07, 6.45) is 1.37. The summed E-state index contributed by atoms with van der Waals surface area (Å²) in [6, 6.07) is 9.05. The van der Waals surface area contributed by atoms with Gasteiger partial charge < -0.3 is 4.74 Å². The number of nitro benzene ring substituents is 1. The van der Waals surface area contributed by atoms with Gasteiger partial charge in [0.15, 0.2) is 0 Å². The van der Waals surface area contributed by atoms with Gasteiger partial charge in [-0.2, -0.15) is 12.8 Å². The molecule has 2 aromatic rings. The van der Waals surface area contributed by atoms with Gasteiger partial charge in [0.2, 0.25) is 0 Å². The number of benzene rings is 2. The maximum Gasteiger partial charge on any atom is 0.290 e. The number of nitrogens with zero attached hydrogens (tertiary/aromatic N) is 4. The average molecular weight is 499 g/mol. The van der Waals surface area contributed by atoms with Crippen molar-refractivity contribution in [1.29, 1.82) is 0 Å². The van der Waals surface area contributed by atoms with E-state index in [1.807, 2.05) is 0 Å². The molecule has 1 amide bonds. The highest BCUT2D eigenvalue weighted by molar-refractivity contribution is 8.03. The van der Waals surface area contributed by atoms with E-state index in [0.29, 0.717) is 19.4 Å². The summed E-state index contributed by atoms with van der Waals surface area (Å²) >= 11 is 0. The molecule has 1 saturated heterocycles. The highest BCUT2D eigenvalue weighted by Gasteiger charge is 2.35. The molecule has 178 valence electrons. The fourth-order valence-electron chi connectivity index (χ4n) is 3.56. The Kier molecular flexibility index (Phi) is 7.57. The maximum absolute atomic E-state index is 13.7. The number of non-ortho nitro benzene ring substituents is 1. The first-order valence-electron chi connectivity index (χ1n) is 9.91. The lowest BCUT2D eigenvalue weighted by Gasteiger charge is -2.31. The lowest BCUT2D eigenvalue weighted by Crippen LogP contribution is -2.38. The van der Waals surface area contributed by atoms with Crippen LogP contribution in [0.5, 0.6) is 0 Å². The van der Waals surface area contributed by atoms with Crippen molar-refractivity contribution in [2.75, 3.05) is 20.3 Å². The topological polar surface area (TPSA) is 132 Å². The highest BCUT2D eigenvalue weighted by atomic mass is 32.3. The predicted octanol–water partition coefficient (Wildman–Crippen LogP) is 3.58. The molecule has 2 aromatic carbocycles. The minimum Gasteiger partial charge on any atom is -0.383 e. The number of nitro groups is 1. The van der Waals surface area contributed by atoms with Crippen molar-refractivity contribution in [3.63, 3.8) is 0 Å². The zero-order valence-corrected chi connectivity index (χ0v) is 19.6. The zero-order valence-electron chi connectivity index (χ0n) is 18.0. The molecular weight excluding hydrogens is 475 g/mol.